The van der Waals surface area contributed by atoms with E-state index in [0.29, 0.717) is 12.6 Å². The van der Waals surface area contributed by atoms with E-state index < -0.39 is 4.92 Å². The Balaban J connectivity index is 1.06. The molecule has 1 spiro atoms. The average Bonchev–Trinajstić information content (AvgIpc) is 3.50. The van der Waals surface area contributed by atoms with Crippen molar-refractivity contribution in [2.24, 2.45) is 12.5 Å². The lowest BCUT2D eigenvalue weighted by Gasteiger charge is -2.50. The molecule has 3 fully saturated rings. The van der Waals surface area contributed by atoms with Gasteiger partial charge in [0.1, 0.15) is 6.61 Å². The number of ether oxygens (including phenoxy) is 2. The first-order valence-electron chi connectivity index (χ1n) is 15.6. The highest BCUT2D eigenvalue weighted by atomic mass is 16.6. The van der Waals surface area contributed by atoms with Crippen LogP contribution in [0.4, 0.5) is 16.2 Å². The lowest BCUT2D eigenvalue weighted by Crippen LogP contribution is -2.54. The molecule has 0 bridgehead atoms. The molecule has 44 heavy (non-hydrogen) atoms. The minimum atomic E-state index is -0.392. The molecule has 4 heterocycles. The van der Waals surface area contributed by atoms with Crippen LogP contribution in [0.25, 0.3) is 11.1 Å². The number of aryl methyl sites for hydroxylation is 1. The molecular weight excluding hydrogens is 560 g/mol. The molecule has 11 heteroatoms. The van der Waals surface area contributed by atoms with Gasteiger partial charge in [0, 0.05) is 74.4 Å². The zero-order chi connectivity index (χ0) is 30.7. The van der Waals surface area contributed by atoms with Gasteiger partial charge in [0.15, 0.2) is 5.75 Å². The van der Waals surface area contributed by atoms with Gasteiger partial charge in [-0.3, -0.25) is 14.8 Å². The lowest BCUT2D eigenvalue weighted by molar-refractivity contribution is -0.385. The normalized spacial score (nSPS) is 19.2. The number of piperidine rings is 3. The molecular formula is C33H42N6O5. The van der Waals surface area contributed by atoms with Crippen LogP contribution in [0.2, 0.25) is 0 Å². The standard InChI is InChI=1S/C33H42N6O5/c1-35-22-26(21-34-35)28-19-30(39(41)42)31(43-2)20-29(28)37-15-9-27(10-16-37)36-17-12-33(13-18-36)11-6-14-38(24-33)32(40)44-23-25-7-4-3-5-8-25/h3-5,7-8,19-22,27H,6,9-18,23-24H2,1-2H3. The number of carbonyl (C=O) groups excluding carboxylic acids is 1. The molecule has 1 aromatic heterocycles. The minimum Gasteiger partial charge on any atom is -0.490 e. The first-order chi connectivity index (χ1) is 21.3. The quantitative estimate of drug-likeness (QED) is 0.258. The van der Waals surface area contributed by atoms with E-state index in [1.54, 1.807) is 16.9 Å². The molecule has 0 unspecified atom stereocenters. The fourth-order valence-electron chi connectivity index (χ4n) is 7.33. The van der Waals surface area contributed by atoms with Gasteiger partial charge < -0.3 is 24.2 Å². The monoisotopic (exact) mass is 602 g/mol. The number of hydrogen-bond acceptors (Lipinski definition) is 8. The molecule has 3 aliphatic heterocycles. The van der Waals surface area contributed by atoms with E-state index in [4.69, 9.17) is 9.47 Å². The Hall–Kier alpha value is -4.12. The first kappa shape index (κ1) is 29.9. The van der Waals surface area contributed by atoms with Gasteiger partial charge in [-0.2, -0.15) is 5.10 Å². The molecule has 234 valence electrons. The third kappa shape index (κ3) is 6.38. The number of amides is 1. The van der Waals surface area contributed by atoms with E-state index in [-0.39, 0.29) is 22.9 Å². The third-order valence-electron chi connectivity index (χ3n) is 9.81. The highest BCUT2D eigenvalue weighted by Crippen LogP contribution is 2.43. The summed E-state index contributed by atoms with van der Waals surface area (Å²) < 4.78 is 12.8. The summed E-state index contributed by atoms with van der Waals surface area (Å²) in [6, 6.07) is 13.8. The number of hydrogen-bond donors (Lipinski definition) is 0. The summed E-state index contributed by atoms with van der Waals surface area (Å²) in [5.74, 6) is 0.270. The van der Waals surface area contributed by atoms with Gasteiger partial charge in [0.25, 0.3) is 0 Å². The summed E-state index contributed by atoms with van der Waals surface area (Å²) in [5, 5.41) is 16.1. The number of nitro benzene ring substituents is 1. The number of methoxy groups -OCH3 is 1. The Labute approximate surface area is 258 Å². The van der Waals surface area contributed by atoms with Crippen LogP contribution in [0.1, 0.15) is 44.1 Å². The van der Waals surface area contributed by atoms with Crippen LogP contribution in [-0.2, 0) is 18.4 Å². The van der Waals surface area contributed by atoms with Crippen LogP contribution < -0.4 is 9.64 Å². The number of nitrogens with zero attached hydrogens (tertiary/aromatic N) is 6. The van der Waals surface area contributed by atoms with E-state index >= 15 is 0 Å². The fraction of sp³-hybridized carbons (Fsp3) is 0.515. The molecule has 0 N–H and O–H groups in total. The van der Waals surface area contributed by atoms with Crippen LogP contribution in [-0.4, -0.2) is 83.0 Å². The van der Waals surface area contributed by atoms with Crippen molar-refractivity contribution < 1.29 is 19.2 Å². The van der Waals surface area contributed by atoms with Crippen molar-refractivity contribution in [1.29, 1.82) is 0 Å². The zero-order valence-electron chi connectivity index (χ0n) is 25.7. The molecule has 2 aromatic carbocycles. The van der Waals surface area contributed by atoms with Crippen LogP contribution in [0.3, 0.4) is 0 Å². The Kier molecular flexibility index (Phi) is 8.74. The molecule has 6 rings (SSSR count). The van der Waals surface area contributed by atoms with Gasteiger partial charge in [-0.15, -0.1) is 0 Å². The fourth-order valence-corrected chi connectivity index (χ4v) is 7.33. The molecule has 3 aliphatic rings. The number of rotatable bonds is 7. The summed E-state index contributed by atoms with van der Waals surface area (Å²) in [4.78, 5) is 31.2. The molecule has 11 nitrogen and oxygen atoms in total. The van der Waals surface area contributed by atoms with E-state index in [2.05, 4.69) is 14.9 Å². The number of likely N-dealkylation sites (tertiary alicyclic amines) is 2. The van der Waals surface area contributed by atoms with Gasteiger partial charge in [-0.1, -0.05) is 30.3 Å². The number of aromatic nitrogens is 2. The number of anilines is 1. The number of benzene rings is 2. The maximum absolute atomic E-state index is 12.9. The number of carbonyl (C=O) groups is 1. The topological polar surface area (TPSA) is 106 Å². The molecule has 0 aliphatic carbocycles. The van der Waals surface area contributed by atoms with Crippen LogP contribution in [0.5, 0.6) is 5.75 Å². The second-order valence-electron chi connectivity index (χ2n) is 12.5. The Morgan fingerprint density at radius 1 is 1.07 bits per heavy atom. The molecule has 3 saturated heterocycles. The maximum atomic E-state index is 12.9. The van der Waals surface area contributed by atoms with Crippen LogP contribution >= 0.6 is 0 Å². The lowest BCUT2D eigenvalue weighted by atomic mass is 9.72. The summed E-state index contributed by atoms with van der Waals surface area (Å²) >= 11 is 0. The molecule has 0 radical (unpaired) electrons. The van der Waals surface area contributed by atoms with Crippen molar-refractivity contribution >= 4 is 17.5 Å². The smallest absolute Gasteiger partial charge is 0.410 e. The van der Waals surface area contributed by atoms with Gasteiger partial charge in [-0.05, 0) is 62.6 Å². The van der Waals surface area contributed by atoms with E-state index in [0.717, 1.165) is 93.8 Å². The van der Waals surface area contributed by atoms with Crippen molar-refractivity contribution in [2.45, 2.75) is 51.2 Å². The highest BCUT2D eigenvalue weighted by Gasteiger charge is 2.41. The molecule has 0 saturated carbocycles. The minimum absolute atomic E-state index is 0.0435. The van der Waals surface area contributed by atoms with Crippen molar-refractivity contribution in [2.75, 3.05) is 51.3 Å². The summed E-state index contributed by atoms with van der Waals surface area (Å²) in [7, 11) is 3.32. The SMILES string of the molecule is COc1cc(N2CCC(N3CCC4(CCCN(C(=O)OCc5ccccc5)C4)CC3)CC2)c(-c2cnn(C)c2)cc1[N+](=O)[O-]. The van der Waals surface area contributed by atoms with Gasteiger partial charge in [0.05, 0.1) is 18.2 Å². The predicted molar refractivity (Wildman–Crippen MR) is 168 cm³/mol. The van der Waals surface area contributed by atoms with Crippen LogP contribution in [0, 0.1) is 15.5 Å². The van der Waals surface area contributed by atoms with Gasteiger partial charge in [-0.25, -0.2) is 4.79 Å². The second-order valence-corrected chi connectivity index (χ2v) is 12.5. The molecule has 3 aromatic rings. The Morgan fingerprint density at radius 2 is 1.82 bits per heavy atom. The van der Waals surface area contributed by atoms with E-state index in [9.17, 15) is 14.9 Å². The van der Waals surface area contributed by atoms with Crippen molar-refractivity contribution in [3.8, 4) is 16.9 Å². The van der Waals surface area contributed by atoms with Crippen LogP contribution in [0.15, 0.2) is 54.9 Å². The summed E-state index contributed by atoms with van der Waals surface area (Å²) in [5.41, 5.74) is 3.73. The molecule has 0 atom stereocenters. The largest absolute Gasteiger partial charge is 0.490 e. The molecule has 1 amide bonds. The Morgan fingerprint density at radius 3 is 2.48 bits per heavy atom. The predicted octanol–water partition coefficient (Wildman–Crippen LogP) is 5.49. The van der Waals surface area contributed by atoms with Crippen molar-refractivity contribution in [3.05, 3.63) is 70.5 Å². The summed E-state index contributed by atoms with van der Waals surface area (Å²) in [6.07, 6.45) is 9.88. The maximum Gasteiger partial charge on any atom is 0.410 e. The van der Waals surface area contributed by atoms with Gasteiger partial charge in [0.2, 0.25) is 0 Å². The highest BCUT2D eigenvalue weighted by molar-refractivity contribution is 5.82. The Bertz CT molecular complexity index is 1460. The zero-order valence-corrected chi connectivity index (χ0v) is 25.7. The van der Waals surface area contributed by atoms with Crippen molar-refractivity contribution in [1.82, 2.24) is 19.6 Å². The summed E-state index contributed by atoms with van der Waals surface area (Å²) in [6.45, 7) is 5.68. The first-order valence-corrected chi connectivity index (χ1v) is 15.6. The second kappa shape index (κ2) is 12.9. The van der Waals surface area contributed by atoms with Crippen molar-refractivity contribution in [3.63, 3.8) is 0 Å². The average molecular weight is 603 g/mol. The van der Waals surface area contributed by atoms with Gasteiger partial charge >= 0.3 is 11.8 Å². The van der Waals surface area contributed by atoms with E-state index in [1.807, 2.05) is 54.5 Å². The number of nitro groups is 1. The van der Waals surface area contributed by atoms with E-state index in [1.165, 1.54) is 13.5 Å². The third-order valence-corrected chi connectivity index (χ3v) is 9.81.